The molecule has 182 valence electrons. The fourth-order valence-corrected chi connectivity index (χ4v) is 4.92. The number of hydrogen-bond donors (Lipinski definition) is 0. The average Bonchev–Trinajstić information content (AvgIpc) is 2.78. The summed E-state index contributed by atoms with van der Waals surface area (Å²) in [5, 5.41) is 0. The molecule has 2 saturated heterocycles. The van der Waals surface area contributed by atoms with Crippen LogP contribution in [0.1, 0.15) is 136 Å². The second-order valence-corrected chi connectivity index (χ2v) is 9.84. The fraction of sp³-hybridized carbons (Fsp3) is 0.963. The van der Waals surface area contributed by atoms with Gasteiger partial charge in [0.1, 0.15) is 6.10 Å². The van der Waals surface area contributed by atoms with Crippen molar-refractivity contribution < 1.29 is 19.0 Å². The Kier molecular flexibility index (Phi) is 14.6. The quantitative estimate of drug-likeness (QED) is 0.153. The van der Waals surface area contributed by atoms with Crippen LogP contribution in [-0.4, -0.2) is 31.1 Å². The smallest absolute Gasteiger partial charge is 0.313 e. The van der Waals surface area contributed by atoms with E-state index in [0.717, 1.165) is 45.1 Å². The molecule has 4 heteroatoms. The van der Waals surface area contributed by atoms with E-state index in [2.05, 4.69) is 13.8 Å². The van der Waals surface area contributed by atoms with Crippen LogP contribution in [0.3, 0.4) is 0 Å². The van der Waals surface area contributed by atoms with E-state index in [1.807, 2.05) is 0 Å². The number of rotatable bonds is 19. The summed E-state index contributed by atoms with van der Waals surface area (Å²) in [6.45, 7) is 5.31. The second-order valence-electron chi connectivity index (χ2n) is 9.84. The van der Waals surface area contributed by atoms with E-state index < -0.39 is 0 Å². The minimum atomic E-state index is -0.0592. The molecule has 0 bridgehead atoms. The number of unbranched alkanes of at least 4 members (excludes halogenated alkanes) is 11. The molecule has 2 rings (SSSR count). The maximum absolute atomic E-state index is 12.0. The van der Waals surface area contributed by atoms with Gasteiger partial charge in [-0.1, -0.05) is 97.3 Å². The third-order valence-corrected chi connectivity index (χ3v) is 6.99. The van der Waals surface area contributed by atoms with Gasteiger partial charge >= 0.3 is 5.97 Å². The molecule has 2 aliphatic rings. The van der Waals surface area contributed by atoms with Gasteiger partial charge in [0.2, 0.25) is 0 Å². The Morgan fingerprint density at radius 1 is 0.871 bits per heavy atom. The maximum Gasteiger partial charge on any atom is 0.313 e. The molecule has 0 aromatic carbocycles. The number of esters is 1. The number of carbonyl (C=O) groups excluding carboxylic acids is 1. The van der Waals surface area contributed by atoms with E-state index in [9.17, 15) is 4.79 Å². The lowest BCUT2D eigenvalue weighted by molar-refractivity contribution is -0.211. The molecule has 2 heterocycles. The first kappa shape index (κ1) is 26.6. The van der Waals surface area contributed by atoms with Gasteiger partial charge in [0, 0.05) is 13.0 Å². The molecule has 1 unspecified atom stereocenters. The summed E-state index contributed by atoms with van der Waals surface area (Å²) in [5.74, 6) is 0.107. The summed E-state index contributed by atoms with van der Waals surface area (Å²) >= 11 is 0. The molecule has 0 N–H and O–H groups in total. The van der Waals surface area contributed by atoms with Crippen molar-refractivity contribution in [3.63, 3.8) is 0 Å². The Labute approximate surface area is 192 Å². The number of carbonyl (C=O) groups is 1. The van der Waals surface area contributed by atoms with E-state index in [-0.39, 0.29) is 30.4 Å². The first-order chi connectivity index (χ1) is 15.2. The largest absolute Gasteiger partial charge is 0.461 e. The van der Waals surface area contributed by atoms with Gasteiger partial charge in [0.05, 0.1) is 12.0 Å². The normalized spacial score (nSPS) is 24.6. The summed E-state index contributed by atoms with van der Waals surface area (Å²) in [7, 11) is 0. The van der Waals surface area contributed by atoms with Crippen LogP contribution in [0.4, 0.5) is 0 Å². The third-order valence-electron chi connectivity index (χ3n) is 6.99. The molecule has 31 heavy (non-hydrogen) atoms. The predicted molar refractivity (Wildman–Crippen MR) is 127 cm³/mol. The highest BCUT2D eigenvalue weighted by molar-refractivity contribution is 5.78. The van der Waals surface area contributed by atoms with E-state index in [0.29, 0.717) is 0 Å². The summed E-state index contributed by atoms with van der Waals surface area (Å²) in [6.07, 6.45) is 23.3. The highest BCUT2D eigenvalue weighted by atomic mass is 16.7. The SMILES string of the molecule is CCCCCCCCCCC[C@@H](C[C@@H]1OC(=O)[C@H]1CCCCCC)OC1CCCCO1. The van der Waals surface area contributed by atoms with Crippen molar-refractivity contribution >= 4 is 5.97 Å². The maximum atomic E-state index is 12.0. The van der Waals surface area contributed by atoms with Crippen molar-refractivity contribution in [3.05, 3.63) is 0 Å². The van der Waals surface area contributed by atoms with Crippen molar-refractivity contribution in [2.45, 2.75) is 154 Å². The number of ether oxygens (including phenoxy) is 3. The standard InChI is InChI=1S/C27H50O4/c1-3-5-7-9-10-11-12-13-14-18-23(30-26-20-16-17-21-29-26)22-25-24(27(28)31-25)19-15-8-6-4-2/h23-26H,3-22H2,1-2H3/t23-,24-,25-,26?/m0/s1. The Bertz CT molecular complexity index is 447. The number of cyclic esters (lactones) is 1. The monoisotopic (exact) mass is 438 g/mol. The molecule has 4 atom stereocenters. The van der Waals surface area contributed by atoms with Crippen LogP contribution in [0, 0.1) is 5.92 Å². The van der Waals surface area contributed by atoms with Crippen LogP contribution in [0.25, 0.3) is 0 Å². The van der Waals surface area contributed by atoms with Crippen LogP contribution in [0.2, 0.25) is 0 Å². The lowest BCUT2D eigenvalue weighted by Crippen LogP contribution is -2.47. The van der Waals surface area contributed by atoms with Crippen molar-refractivity contribution in [1.29, 1.82) is 0 Å². The first-order valence-electron chi connectivity index (χ1n) is 13.7. The van der Waals surface area contributed by atoms with Gasteiger partial charge in [-0.15, -0.1) is 0 Å². The zero-order valence-electron chi connectivity index (χ0n) is 20.6. The molecular formula is C27H50O4. The summed E-state index contributed by atoms with van der Waals surface area (Å²) < 4.78 is 17.8. The second kappa shape index (κ2) is 16.9. The van der Waals surface area contributed by atoms with Gasteiger partial charge in [-0.2, -0.15) is 0 Å². The summed E-state index contributed by atoms with van der Waals surface area (Å²) in [4.78, 5) is 12.0. The molecule has 0 amide bonds. The number of hydrogen-bond acceptors (Lipinski definition) is 4. The van der Waals surface area contributed by atoms with E-state index >= 15 is 0 Å². The lowest BCUT2D eigenvalue weighted by Gasteiger charge is -2.38. The van der Waals surface area contributed by atoms with Gasteiger partial charge in [-0.3, -0.25) is 4.79 Å². The molecule has 0 aliphatic carbocycles. The summed E-state index contributed by atoms with van der Waals surface area (Å²) in [5.41, 5.74) is 0. The van der Waals surface area contributed by atoms with Gasteiger partial charge < -0.3 is 14.2 Å². The van der Waals surface area contributed by atoms with Crippen molar-refractivity contribution in [1.82, 2.24) is 0 Å². The van der Waals surface area contributed by atoms with Crippen LogP contribution >= 0.6 is 0 Å². The van der Waals surface area contributed by atoms with Crippen molar-refractivity contribution in [2.24, 2.45) is 5.92 Å². The fourth-order valence-electron chi connectivity index (χ4n) is 4.92. The highest BCUT2D eigenvalue weighted by Gasteiger charge is 2.43. The average molecular weight is 439 g/mol. The molecule has 4 nitrogen and oxygen atoms in total. The van der Waals surface area contributed by atoms with E-state index in [4.69, 9.17) is 14.2 Å². The minimum Gasteiger partial charge on any atom is -0.461 e. The van der Waals surface area contributed by atoms with Crippen LogP contribution in [0.15, 0.2) is 0 Å². The zero-order valence-corrected chi connectivity index (χ0v) is 20.6. The van der Waals surface area contributed by atoms with Gasteiger partial charge in [0.15, 0.2) is 6.29 Å². The Balaban J connectivity index is 1.69. The van der Waals surface area contributed by atoms with E-state index in [1.54, 1.807) is 0 Å². The molecule has 0 saturated carbocycles. The van der Waals surface area contributed by atoms with Crippen LogP contribution in [0.5, 0.6) is 0 Å². The highest BCUT2D eigenvalue weighted by Crippen LogP contribution is 2.33. The van der Waals surface area contributed by atoms with Crippen molar-refractivity contribution in [3.8, 4) is 0 Å². The Hall–Kier alpha value is -0.610. The van der Waals surface area contributed by atoms with Gasteiger partial charge in [-0.05, 0) is 32.1 Å². The molecule has 0 radical (unpaired) electrons. The predicted octanol–water partition coefficient (Wildman–Crippen LogP) is 7.72. The molecular weight excluding hydrogens is 388 g/mol. The molecule has 0 spiro atoms. The lowest BCUT2D eigenvalue weighted by atomic mass is 9.86. The summed E-state index contributed by atoms with van der Waals surface area (Å²) in [6, 6.07) is 0. The van der Waals surface area contributed by atoms with Crippen LogP contribution < -0.4 is 0 Å². The van der Waals surface area contributed by atoms with Crippen molar-refractivity contribution in [2.75, 3.05) is 6.61 Å². The third kappa shape index (κ3) is 11.2. The van der Waals surface area contributed by atoms with Gasteiger partial charge in [-0.25, -0.2) is 0 Å². The molecule has 2 fully saturated rings. The topological polar surface area (TPSA) is 44.8 Å². The molecule has 0 aromatic heterocycles. The molecule has 2 aliphatic heterocycles. The minimum absolute atomic E-state index is 0.0113. The zero-order chi connectivity index (χ0) is 22.2. The Morgan fingerprint density at radius 3 is 2.13 bits per heavy atom. The van der Waals surface area contributed by atoms with E-state index in [1.165, 1.54) is 83.5 Å². The first-order valence-corrected chi connectivity index (χ1v) is 13.7. The Morgan fingerprint density at radius 2 is 1.52 bits per heavy atom. The van der Waals surface area contributed by atoms with Crippen LogP contribution in [-0.2, 0) is 19.0 Å². The van der Waals surface area contributed by atoms with Gasteiger partial charge in [0.25, 0.3) is 0 Å². The molecule has 0 aromatic rings.